The fourth-order valence-corrected chi connectivity index (χ4v) is 540. The Balaban J connectivity index is 0.00000601. The van der Waals surface area contributed by atoms with Crippen LogP contribution in [0.5, 0.6) is 0 Å². The fourth-order valence-electron chi connectivity index (χ4n) is 9.26. The molecular weight excluding hydrogens is 2540 g/mol. The Morgan fingerprint density at radius 1 is 0.305 bits per heavy atom. The van der Waals surface area contributed by atoms with Gasteiger partial charge in [0.05, 0.1) is 19.2 Å². The first-order chi connectivity index (χ1) is 43.4. The van der Waals surface area contributed by atoms with Crippen LogP contribution in [0.15, 0.2) is 24.3 Å². The average molecular weight is 2640 g/mol. The van der Waals surface area contributed by atoms with Crippen molar-refractivity contribution in [1.29, 1.82) is 0 Å². The van der Waals surface area contributed by atoms with Gasteiger partial charge in [0.2, 0.25) is 0 Å². The predicted octanol–water partition coefficient (Wildman–Crippen LogP) is 39.7. The van der Waals surface area contributed by atoms with Crippen molar-refractivity contribution in [2.75, 3.05) is 0 Å². The molecule has 1 aromatic carbocycles. The van der Waals surface area contributed by atoms with Gasteiger partial charge in [0.1, 0.15) is 0 Å². The van der Waals surface area contributed by atoms with Crippen molar-refractivity contribution in [3.05, 3.63) is 35.4 Å². The first kappa shape index (κ1) is 126. The Hall–Kier alpha value is 31.0. The van der Waals surface area contributed by atoms with Crippen LogP contribution >= 0.6 is 600 Å². The second-order valence-corrected chi connectivity index (χ2v) is 282. The molecule has 0 saturated heterocycles. The van der Waals surface area contributed by atoms with E-state index in [1.165, 1.54) is 0 Å². The van der Waals surface area contributed by atoms with Crippen molar-refractivity contribution in [2.24, 2.45) is 5.73 Å². The summed E-state index contributed by atoms with van der Waals surface area (Å²) in [6.07, 6.45) is 1.61. The quantitative estimate of drug-likeness (QED) is 0.0506. The maximum absolute atomic E-state index is 10.4. The van der Waals surface area contributed by atoms with E-state index in [0.29, 0.717) is 49.4 Å². The zero-order valence-electron chi connectivity index (χ0n) is 50.7. The summed E-state index contributed by atoms with van der Waals surface area (Å²) in [6.45, 7) is -7.79. The second kappa shape index (κ2) is 68.1. The Morgan fingerprint density at radius 3 is 0.621 bits per heavy atom. The minimum absolute atomic E-state index is 0.0230. The minimum Gasteiger partial charge on any atom is -0.481 e. The summed E-state index contributed by atoms with van der Waals surface area (Å²) in [5.41, 5.74) is 7.66. The van der Waals surface area contributed by atoms with Crippen LogP contribution in [0.25, 0.3) is 0 Å². The molecule has 1 rings (SSSR count). The van der Waals surface area contributed by atoms with Gasteiger partial charge in [-0.15, -0.1) is 375 Å². The zero-order chi connectivity index (χ0) is 74.9. The van der Waals surface area contributed by atoms with E-state index < -0.39 is 217 Å². The van der Waals surface area contributed by atoms with E-state index in [4.69, 9.17) is 10.8 Å². The van der Waals surface area contributed by atoms with E-state index in [1.54, 1.807) is 0 Å². The van der Waals surface area contributed by atoms with Crippen LogP contribution in [0.3, 0.4) is 0 Å². The van der Waals surface area contributed by atoms with Crippen molar-refractivity contribution in [3.8, 4) is 0 Å². The molecule has 95 heavy (non-hydrogen) atoms. The zero-order valence-corrected chi connectivity index (χ0v) is 128. The number of carbonyl (C=O) groups is 1. The van der Waals surface area contributed by atoms with Crippen LogP contribution < -0.4 is 5.73 Å². The lowest BCUT2D eigenvalue weighted by molar-refractivity contribution is -0.137. The molecule has 0 amide bonds. The van der Waals surface area contributed by atoms with Gasteiger partial charge in [-0.25, -0.2) is 0 Å². The Kier molecular flexibility index (Phi) is 90.3. The third kappa shape index (κ3) is 44.6. The molecule has 0 spiro atoms. The van der Waals surface area contributed by atoms with Gasteiger partial charge < -0.3 is 10.8 Å². The molecule has 0 fully saturated rings. The van der Waals surface area contributed by atoms with Gasteiger partial charge >= 0.3 is 5.97 Å². The molecule has 0 heterocycles. The molecule has 1 aromatic rings. The van der Waals surface area contributed by atoms with Crippen LogP contribution in [-0.4, -0.2) is 60.4 Å². The Bertz CT molecular complexity index is 1900. The number of hydrogen-bond acceptors (Lipinski definition) is 2. The molecule has 0 aromatic heterocycles. The molecule has 44 atom stereocenters. The maximum Gasteiger partial charge on any atom is 0.305 e. The number of aliphatic carboxylic acids is 1. The lowest BCUT2D eigenvalue weighted by Crippen LogP contribution is -2.73. The summed E-state index contributed by atoms with van der Waals surface area (Å²) < 4.78 is 0. The number of aryl methyl sites for hydroxylation is 1. The molecule has 0 aliphatic rings. The number of hydrogen-bond donors (Lipinski definition) is 2. The number of rotatable bonds is 42. The Labute approximate surface area is 715 Å². The summed E-state index contributed by atoms with van der Waals surface area (Å²) in [6, 6.07) is 10.3. The first-order valence-electron chi connectivity index (χ1n) is 24.3. The largest absolute Gasteiger partial charge is 0.481 e. The van der Waals surface area contributed by atoms with E-state index in [9.17, 15) is 4.79 Å². The van der Waals surface area contributed by atoms with E-state index >= 15 is 0 Å². The minimum atomic E-state index is -0.865. The van der Waals surface area contributed by atoms with Gasteiger partial charge in [0.15, 0.2) is 30.2 Å². The number of carboxylic acid groups (broad SMARTS) is 1. The number of nitrogens with two attached hydrogens (primary N) is 1. The van der Waals surface area contributed by atoms with E-state index in [1.807, 2.05) is 31.2 Å². The molecule has 0 aliphatic carbocycles. The summed E-state index contributed by atoms with van der Waals surface area (Å²) in [5.74, 6) is -0.865. The molecule has 44 unspecified atom stereocenters. The highest BCUT2D eigenvalue weighted by Crippen LogP contribution is 3.20. The van der Waals surface area contributed by atoms with Crippen LogP contribution in [0.1, 0.15) is 23.6 Å². The predicted molar refractivity (Wildman–Crippen MR) is 726 cm³/mol. The molecule has 548 valence electrons. The van der Waals surface area contributed by atoms with Gasteiger partial charge in [0, 0.05) is 12.4 Å². The summed E-state index contributed by atoms with van der Waals surface area (Å²) in [7, 11) is 148. The maximum atomic E-state index is 10.4. The van der Waals surface area contributed by atoms with Crippen molar-refractivity contribution in [1.82, 2.24) is 0 Å². The van der Waals surface area contributed by atoms with Crippen LogP contribution in [0.4, 0.5) is 0 Å². The summed E-state index contributed by atoms with van der Waals surface area (Å²) >= 11 is 0. The topological polar surface area (TPSA) is 63.3 Å². The molecule has 0 aliphatic heterocycles. The lowest BCUT2D eigenvalue weighted by Gasteiger charge is -2.59. The Morgan fingerprint density at radius 2 is 0.474 bits per heavy atom. The molecule has 3 nitrogen and oxygen atoms in total. The molecule has 85 heteroatoms. The highest BCUT2D eigenvalue weighted by Gasteiger charge is 2.70. The van der Waals surface area contributed by atoms with Crippen LogP contribution in [0.2, 0.25) is 0 Å². The van der Waals surface area contributed by atoms with Gasteiger partial charge in [-0.1, -0.05) is 96.0 Å². The molecule has 3 N–H and O–H groups in total. The third-order valence-electron chi connectivity index (χ3n) is 12.1. The van der Waals surface area contributed by atoms with Gasteiger partial charge in [-0.3, -0.25) is 4.79 Å². The summed E-state index contributed by atoms with van der Waals surface area (Å²) in [4.78, 5) is 10.4. The van der Waals surface area contributed by atoms with Crippen LogP contribution in [0, 0.1) is 6.92 Å². The van der Waals surface area contributed by atoms with Crippen molar-refractivity contribution in [2.45, 2.75) is 19.4 Å². The van der Waals surface area contributed by atoms with Crippen molar-refractivity contribution >= 4 is 656 Å². The summed E-state index contributed by atoms with van der Waals surface area (Å²) in [5, 5.41) is 8.56. The molecule has 0 radical (unpaired) electrons. The SMILES string of the molecule is Cc1ccccc1C(N)CC(=O)O.PP(P)P(B(B(B(B(B(P(P(P)P)P(P)P)P(P(P)P)P(P)P)B(P(P(P)P)P(P)P)P(P(P)P)P(P)P)B(P(P(P)P)P(P)P)P(P(P)P)P(P(P)P)P(P)P)B(P(P(P)P)P(P)P)P(P(P)P)P(P)P)P(P(P)P)P(P)P)P(P)P. The van der Waals surface area contributed by atoms with E-state index in [2.05, 4.69) is 375 Å². The third-order valence-corrected chi connectivity index (χ3v) is 318. The monoisotopic (exact) mass is 2640 g/mol. The highest BCUT2D eigenvalue weighted by molar-refractivity contribution is 9.26. The van der Waals surface area contributed by atoms with E-state index in [-0.39, 0.29) is 27.4 Å². The standard InChI is InChI=1S/C10H13NO2.B8H84P74/c1-7-4-2-3-5-8(7)9(11)6-10(12)13;9-61(10)51(62(11)12)4(60(79(45)46)82(80(47)48)81(49)50)1(2(5(52(63(13)14)64(15)16)53(65(17)18)66(19)20)6(54(67(21)22)68(23)24)55(69(25)26)70(27)28)3(7(56(71(29)30)72(31)32)57(73(33)34)74(35)36)8(58(75(37)38)76(39)40)59(77(41)42)78(43)44/h2-5,9H,6,11H2,1H3,(H,12,13);9-50H2. The molecular formula is C10H97B8NO2P74. The van der Waals surface area contributed by atoms with Crippen molar-refractivity contribution in [3.63, 3.8) is 0 Å². The van der Waals surface area contributed by atoms with Gasteiger partial charge in [-0.2, -0.15) is 0 Å². The normalized spacial score (nSPS) is 13.9. The van der Waals surface area contributed by atoms with Crippen LogP contribution in [-0.2, 0) is 4.79 Å². The second-order valence-electron chi connectivity index (χ2n) is 18.3. The first-order valence-corrected chi connectivity index (χ1v) is 151. The molecule has 0 bridgehead atoms. The smallest absolute Gasteiger partial charge is 0.305 e. The van der Waals surface area contributed by atoms with Gasteiger partial charge in [-0.05, 0) is 172 Å². The number of carboxylic acids is 1. The average Bonchev–Trinajstić information content (AvgIpc) is 3.37. The molecule has 0 saturated carbocycles. The van der Waals surface area contributed by atoms with Crippen molar-refractivity contribution < 1.29 is 9.90 Å². The number of benzene rings is 1. The van der Waals surface area contributed by atoms with Gasteiger partial charge in [0.25, 0.3) is 0 Å². The van der Waals surface area contributed by atoms with E-state index in [0.717, 1.165) is 11.1 Å². The lowest BCUT2D eigenvalue weighted by atomic mass is 8.65. The fraction of sp³-hybridized carbons (Fsp3) is 0.300. The highest BCUT2D eigenvalue weighted by atomic mass is 33.2.